The van der Waals surface area contributed by atoms with Crippen LogP contribution in [0.25, 0.3) is 11.0 Å². The molecule has 4 bridgehead atoms. The second kappa shape index (κ2) is 7.54. The molecule has 2 unspecified atom stereocenters. The largest absolute Gasteiger partial charge is 0.302 e. The number of benzene rings is 1. The van der Waals surface area contributed by atoms with Gasteiger partial charge in [-0.1, -0.05) is 31.4 Å². The highest BCUT2D eigenvalue weighted by molar-refractivity contribution is 5.93. The maximum Gasteiger partial charge on any atom is 0.280 e. The monoisotopic (exact) mass is 419 g/mol. The van der Waals surface area contributed by atoms with E-state index in [9.17, 15) is 9.59 Å². The van der Waals surface area contributed by atoms with Crippen molar-refractivity contribution in [2.75, 3.05) is 0 Å². The third-order valence-electron chi connectivity index (χ3n) is 8.78. The van der Waals surface area contributed by atoms with Gasteiger partial charge in [-0.3, -0.25) is 14.5 Å². The molecule has 5 atom stereocenters. The van der Waals surface area contributed by atoms with Crippen molar-refractivity contribution < 1.29 is 4.79 Å². The van der Waals surface area contributed by atoms with E-state index in [1.807, 2.05) is 28.8 Å². The molecule has 4 fully saturated rings. The summed E-state index contributed by atoms with van der Waals surface area (Å²) in [5.74, 6) is 1.65. The maximum atomic E-state index is 13.3. The second-order valence-electron chi connectivity index (χ2n) is 10.7. The first-order valence-electron chi connectivity index (χ1n) is 12.4. The molecule has 5 nitrogen and oxygen atoms in total. The van der Waals surface area contributed by atoms with E-state index in [1.54, 1.807) is 0 Å². The lowest BCUT2D eigenvalue weighted by molar-refractivity contribution is 0.00788. The van der Waals surface area contributed by atoms with E-state index in [1.165, 1.54) is 58.3 Å². The second-order valence-corrected chi connectivity index (χ2v) is 10.7. The quantitative estimate of drug-likeness (QED) is 0.675. The summed E-state index contributed by atoms with van der Waals surface area (Å²) in [5.41, 5.74) is 1.52. The van der Waals surface area contributed by atoms with E-state index in [4.69, 9.17) is 0 Å². The predicted molar refractivity (Wildman–Crippen MR) is 121 cm³/mol. The van der Waals surface area contributed by atoms with E-state index in [0.29, 0.717) is 12.1 Å². The molecule has 2 aliphatic heterocycles. The summed E-state index contributed by atoms with van der Waals surface area (Å²) in [7, 11) is 0. The van der Waals surface area contributed by atoms with Crippen LogP contribution in [0.3, 0.4) is 0 Å². The van der Waals surface area contributed by atoms with Gasteiger partial charge in [0.1, 0.15) is 0 Å². The van der Waals surface area contributed by atoms with Crippen molar-refractivity contribution in [3.63, 3.8) is 0 Å². The van der Waals surface area contributed by atoms with E-state index < -0.39 is 0 Å². The highest BCUT2D eigenvalue weighted by Crippen LogP contribution is 2.48. The number of nitrogens with zero attached hydrogens (tertiary/aromatic N) is 3. The number of Topliss-reactive ketones (excluding diaryl/α,β-unsaturated/α-hetero) is 1. The Bertz CT molecular complexity index is 1050. The summed E-state index contributed by atoms with van der Waals surface area (Å²) in [6.07, 6.45) is 13.1. The van der Waals surface area contributed by atoms with Crippen LogP contribution in [0.4, 0.5) is 0 Å². The fourth-order valence-electron chi connectivity index (χ4n) is 7.68. The molecule has 31 heavy (non-hydrogen) atoms. The first-order chi connectivity index (χ1) is 15.1. The molecule has 164 valence electrons. The SMILES string of the molecule is CC(=O)c1nc2ccccc2n([C@H]2C[C@H]3CC[C@@H](C2)N3C2CC3CCCC(C3)C2)c1=O. The minimum atomic E-state index is -0.237. The standard InChI is InChI=1S/C26H33N3O2/c1-16(30)25-26(31)29(24-8-3-2-7-23(24)27-25)22-14-19-9-10-20(15-22)28(19)21-12-17-5-4-6-18(11-17)13-21/h2-3,7-8,17-22H,4-6,9-15H2,1H3/t17?,18?,19-,20+,21?,22+. The van der Waals surface area contributed by atoms with E-state index in [0.717, 1.165) is 41.8 Å². The molecule has 2 saturated heterocycles. The van der Waals surface area contributed by atoms with Gasteiger partial charge >= 0.3 is 0 Å². The van der Waals surface area contributed by atoms with Gasteiger partial charge in [0, 0.05) is 31.1 Å². The Hall–Kier alpha value is -2.01. The number of ketones is 1. The number of para-hydroxylation sites is 2. The Balaban J connectivity index is 1.33. The van der Waals surface area contributed by atoms with Crippen molar-refractivity contribution in [3.8, 4) is 0 Å². The molecule has 2 aromatic rings. The van der Waals surface area contributed by atoms with Crippen molar-refractivity contribution in [1.82, 2.24) is 14.5 Å². The average Bonchev–Trinajstić information content (AvgIpc) is 3.02. The van der Waals surface area contributed by atoms with Crippen LogP contribution in [0.5, 0.6) is 0 Å². The van der Waals surface area contributed by atoms with Crippen molar-refractivity contribution >= 4 is 16.8 Å². The number of piperidine rings is 1. The van der Waals surface area contributed by atoms with E-state index in [2.05, 4.69) is 9.88 Å². The van der Waals surface area contributed by atoms with Gasteiger partial charge in [0.05, 0.1) is 11.0 Å². The number of hydrogen-bond acceptors (Lipinski definition) is 4. The molecule has 0 amide bonds. The molecule has 2 aliphatic carbocycles. The molecule has 6 rings (SSSR count). The van der Waals surface area contributed by atoms with Crippen molar-refractivity contribution in [3.05, 3.63) is 40.3 Å². The molecule has 4 aliphatic rings. The fourth-order valence-corrected chi connectivity index (χ4v) is 7.68. The Morgan fingerprint density at radius 1 is 0.871 bits per heavy atom. The van der Waals surface area contributed by atoms with Gasteiger partial charge in [0.2, 0.25) is 0 Å². The minimum Gasteiger partial charge on any atom is -0.302 e. The molecule has 1 aromatic carbocycles. The predicted octanol–water partition coefficient (Wildman–Crippen LogP) is 4.74. The molecule has 0 N–H and O–H groups in total. The lowest BCUT2D eigenvalue weighted by Crippen LogP contribution is -2.52. The molecule has 1 aromatic heterocycles. The van der Waals surface area contributed by atoms with Crippen LogP contribution in [0, 0.1) is 11.8 Å². The minimum absolute atomic E-state index is 0.0913. The number of rotatable bonds is 3. The van der Waals surface area contributed by atoms with Crippen LogP contribution < -0.4 is 5.56 Å². The Kier molecular flexibility index (Phi) is 4.78. The smallest absolute Gasteiger partial charge is 0.280 e. The van der Waals surface area contributed by atoms with E-state index >= 15 is 0 Å². The molecule has 0 radical (unpaired) electrons. The van der Waals surface area contributed by atoms with Gasteiger partial charge in [-0.2, -0.15) is 0 Å². The summed E-state index contributed by atoms with van der Waals surface area (Å²) < 4.78 is 1.93. The third kappa shape index (κ3) is 3.27. The molecular weight excluding hydrogens is 386 g/mol. The van der Waals surface area contributed by atoms with Gasteiger partial charge < -0.3 is 4.57 Å². The topological polar surface area (TPSA) is 55.2 Å². The highest BCUT2D eigenvalue weighted by atomic mass is 16.1. The summed E-state index contributed by atoms with van der Waals surface area (Å²) in [5, 5.41) is 0. The number of carbonyl (C=O) groups excluding carboxylic acids is 1. The maximum absolute atomic E-state index is 13.3. The van der Waals surface area contributed by atoms with Crippen molar-refractivity contribution in [2.24, 2.45) is 11.8 Å². The lowest BCUT2D eigenvalue weighted by atomic mass is 9.69. The zero-order valence-electron chi connectivity index (χ0n) is 18.5. The summed E-state index contributed by atoms with van der Waals surface area (Å²) >= 11 is 0. The number of aromatic nitrogens is 2. The fraction of sp³-hybridized carbons (Fsp3) is 0.654. The van der Waals surface area contributed by atoms with Gasteiger partial charge in [-0.25, -0.2) is 4.98 Å². The Morgan fingerprint density at radius 3 is 2.23 bits per heavy atom. The molecular formula is C26H33N3O2. The van der Waals surface area contributed by atoms with Crippen LogP contribution in [0.2, 0.25) is 0 Å². The van der Waals surface area contributed by atoms with Crippen LogP contribution in [0.1, 0.15) is 87.7 Å². The summed E-state index contributed by atoms with van der Waals surface area (Å²) in [6.45, 7) is 1.45. The van der Waals surface area contributed by atoms with Gasteiger partial charge in [-0.15, -0.1) is 0 Å². The zero-order chi connectivity index (χ0) is 21.1. The average molecular weight is 420 g/mol. The Labute approximate surface area is 183 Å². The highest BCUT2D eigenvalue weighted by Gasteiger charge is 2.47. The Morgan fingerprint density at radius 2 is 1.55 bits per heavy atom. The third-order valence-corrected chi connectivity index (χ3v) is 8.78. The number of hydrogen-bond donors (Lipinski definition) is 0. The van der Waals surface area contributed by atoms with E-state index in [-0.39, 0.29) is 23.1 Å². The zero-order valence-corrected chi connectivity index (χ0v) is 18.5. The summed E-state index contributed by atoms with van der Waals surface area (Å²) in [4.78, 5) is 32.8. The number of carbonyl (C=O) groups is 1. The first kappa shape index (κ1) is 19.7. The molecule has 0 spiro atoms. The van der Waals surface area contributed by atoms with Crippen molar-refractivity contribution in [1.29, 1.82) is 0 Å². The molecule has 3 heterocycles. The van der Waals surface area contributed by atoms with Crippen LogP contribution in [0.15, 0.2) is 29.1 Å². The normalized spacial score (nSPS) is 35.4. The lowest BCUT2D eigenvalue weighted by Gasteiger charge is -2.49. The van der Waals surface area contributed by atoms with Gasteiger partial charge in [0.25, 0.3) is 5.56 Å². The molecule has 5 heteroatoms. The van der Waals surface area contributed by atoms with Crippen LogP contribution >= 0.6 is 0 Å². The molecule has 2 saturated carbocycles. The van der Waals surface area contributed by atoms with Crippen LogP contribution in [-0.4, -0.2) is 38.4 Å². The van der Waals surface area contributed by atoms with Crippen LogP contribution in [-0.2, 0) is 0 Å². The van der Waals surface area contributed by atoms with Crippen molar-refractivity contribution in [2.45, 2.75) is 95.3 Å². The van der Waals surface area contributed by atoms with Gasteiger partial charge in [0.15, 0.2) is 11.5 Å². The first-order valence-corrected chi connectivity index (χ1v) is 12.4. The summed E-state index contributed by atoms with van der Waals surface area (Å²) in [6, 6.07) is 9.88. The van der Waals surface area contributed by atoms with Gasteiger partial charge in [-0.05, 0) is 68.9 Å². The number of fused-ring (bicyclic) bond motifs is 5.